The average molecular weight is 147 g/mol. The van der Waals surface area contributed by atoms with E-state index < -0.39 is 9.84 Å². The molecule has 0 spiro atoms. The quantitative estimate of drug-likeness (QED) is 0.549. The summed E-state index contributed by atoms with van der Waals surface area (Å²) in [4.78, 5) is 0. The van der Waals surface area contributed by atoms with E-state index in [1.807, 2.05) is 6.42 Å². The Morgan fingerprint density at radius 2 is 2.22 bits per heavy atom. The van der Waals surface area contributed by atoms with E-state index in [-0.39, 0.29) is 5.25 Å². The minimum absolute atomic E-state index is 0.141. The van der Waals surface area contributed by atoms with E-state index in [9.17, 15) is 8.42 Å². The Labute approximate surface area is 56.2 Å². The van der Waals surface area contributed by atoms with Gasteiger partial charge in [0.15, 0.2) is 9.84 Å². The summed E-state index contributed by atoms with van der Waals surface area (Å²) in [5, 5.41) is -0.141. The lowest BCUT2D eigenvalue weighted by atomic mass is 10.4. The summed E-state index contributed by atoms with van der Waals surface area (Å²) >= 11 is 0. The summed E-state index contributed by atoms with van der Waals surface area (Å²) < 4.78 is 21.6. The van der Waals surface area contributed by atoms with E-state index in [0.29, 0.717) is 0 Å². The predicted octanol–water partition coefficient (Wildman–Crippen LogP) is 0.788. The number of rotatable bonds is 1. The van der Waals surface area contributed by atoms with Crippen LogP contribution < -0.4 is 0 Å². The molecule has 1 aliphatic carbocycles. The molecule has 3 heteroatoms. The van der Waals surface area contributed by atoms with Crippen LogP contribution in [0.25, 0.3) is 0 Å². The first-order valence-electron chi connectivity index (χ1n) is 3.13. The summed E-state index contributed by atoms with van der Waals surface area (Å²) in [5.41, 5.74) is 0. The van der Waals surface area contributed by atoms with Crippen LogP contribution in [0.2, 0.25) is 0 Å². The molecular weight excluding hydrogens is 136 g/mol. The van der Waals surface area contributed by atoms with Crippen LogP contribution in [0.4, 0.5) is 0 Å². The standard InChI is InChI=1S/C6H11O2S/c1-9(7,8)6-4-2-3-5-6/h4,6H,2-3,5H2,1H3. The maximum absolute atomic E-state index is 10.8. The van der Waals surface area contributed by atoms with Crippen LogP contribution in [0.1, 0.15) is 19.3 Å². The molecule has 0 heterocycles. The summed E-state index contributed by atoms with van der Waals surface area (Å²) in [5.74, 6) is 0. The third kappa shape index (κ3) is 1.68. The number of hydrogen-bond acceptors (Lipinski definition) is 2. The monoisotopic (exact) mass is 147 g/mol. The molecule has 0 bridgehead atoms. The van der Waals surface area contributed by atoms with Gasteiger partial charge in [-0.2, -0.15) is 0 Å². The van der Waals surface area contributed by atoms with Crippen molar-refractivity contribution in [3.05, 3.63) is 6.42 Å². The summed E-state index contributed by atoms with van der Waals surface area (Å²) in [6.07, 6.45) is 6.04. The Hall–Kier alpha value is -0.0500. The van der Waals surface area contributed by atoms with Gasteiger partial charge in [0.2, 0.25) is 0 Å². The minimum atomic E-state index is -2.76. The zero-order chi connectivity index (χ0) is 6.91. The van der Waals surface area contributed by atoms with Crippen molar-refractivity contribution < 1.29 is 8.42 Å². The smallest absolute Gasteiger partial charge is 0.150 e. The van der Waals surface area contributed by atoms with Crippen LogP contribution in [-0.2, 0) is 9.84 Å². The molecule has 0 amide bonds. The van der Waals surface area contributed by atoms with Crippen molar-refractivity contribution >= 4 is 9.84 Å². The summed E-state index contributed by atoms with van der Waals surface area (Å²) in [6.45, 7) is 0. The summed E-state index contributed by atoms with van der Waals surface area (Å²) in [6, 6.07) is 0. The molecule has 1 unspecified atom stereocenters. The van der Waals surface area contributed by atoms with E-state index in [0.717, 1.165) is 19.3 Å². The fourth-order valence-corrected chi connectivity index (χ4v) is 2.21. The molecular formula is C6H11O2S. The maximum Gasteiger partial charge on any atom is 0.150 e. The van der Waals surface area contributed by atoms with Gasteiger partial charge in [-0.05, 0) is 19.3 Å². The second-order valence-corrected chi connectivity index (χ2v) is 4.80. The Balaban J connectivity index is 2.63. The highest BCUT2D eigenvalue weighted by atomic mass is 32.2. The first kappa shape index (κ1) is 7.06. The van der Waals surface area contributed by atoms with Gasteiger partial charge in [0, 0.05) is 6.26 Å². The Morgan fingerprint density at radius 3 is 2.44 bits per heavy atom. The van der Waals surface area contributed by atoms with Crippen molar-refractivity contribution in [2.24, 2.45) is 0 Å². The third-order valence-electron chi connectivity index (χ3n) is 1.67. The SMILES string of the molecule is CS(=O)(=O)C1[CH]CCC1. The molecule has 0 saturated heterocycles. The van der Waals surface area contributed by atoms with Gasteiger partial charge in [-0.25, -0.2) is 8.42 Å². The molecule has 0 aromatic rings. The van der Waals surface area contributed by atoms with Gasteiger partial charge in [-0.15, -0.1) is 0 Å². The molecule has 1 atom stereocenters. The molecule has 1 radical (unpaired) electrons. The zero-order valence-electron chi connectivity index (χ0n) is 5.50. The fourth-order valence-electron chi connectivity index (χ4n) is 1.13. The molecule has 53 valence electrons. The van der Waals surface area contributed by atoms with Crippen LogP contribution in [0, 0.1) is 6.42 Å². The van der Waals surface area contributed by atoms with Crippen molar-refractivity contribution in [2.45, 2.75) is 24.5 Å². The summed E-state index contributed by atoms with van der Waals surface area (Å²) in [7, 11) is -2.76. The van der Waals surface area contributed by atoms with E-state index in [1.54, 1.807) is 0 Å². The van der Waals surface area contributed by atoms with E-state index >= 15 is 0 Å². The van der Waals surface area contributed by atoms with E-state index in [4.69, 9.17) is 0 Å². The Kier molecular flexibility index (Phi) is 1.80. The minimum Gasteiger partial charge on any atom is -0.229 e. The number of hydrogen-bond donors (Lipinski definition) is 0. The first-order chi connectivity index (χ1) is 4.11. The van der Waals surface area contributed by atoms with Crippen LogP contribution in [0.3, 0.4) is 0 Å². The normalized spacial score (nSPS) is 22.8. The van der Waals surface area contributed by atoms with Gasteiger partial charge in [0.1, 0.15) is 0 Å². The highest BCUT2D eigenvalue weighted by Crippen LogP contribution is 2.22. The van der Waals surface area contributed by atoms with Crippen molar-refractivity contribution in [3.63, 3.8) is 0 Å². The fraction of sp³-hybridized carbons (Fsp3) is 0.833. The zero-order valence-corrected chi connectivity index (χ0v) is 6.32. The Bertz CT molecular complexity index is 175. The molecule has 1 saturated carbocycles. The maximum atomic E-state index is 10.8. The second kappa shape index (κ2) is 2.29. The third-order valence-corrected chi connectivity index (χ3v) is 3.20. The molecule has 9 heavy (non-hydrogen) atoms. The second-order valence-electron chi connectivity index (χ2n) is 2.53. The molecule has 0 aromatic heterocycles. The van der Waals surface area contributed by atoms with Crippen LogP contribution in [0.5, 0.6) is 0 Å². The van der Waals surface area contributed by atoms with Gasteiger partial charge in [0.05, 0.1) is 5.25 Å². The molecule has 0 N–H and O–H groups in total. The van der Waals surface area contributed by atoms with Gasteiger partial charge in [0.25, 0.3) is 0 Å². The van der Waals surface area contributed by atoms with Gasteiger partial charge < -0.3 is 0 Å². The topological polar surface area (TPSA) is 34.1 Å². The van der Waals surface area contributed by atoms with Crippen molar-refractivity contribution in [1.29, 1.82) is 0 Å². The molecule has 2 nitrogen and oxygen atoms in total. The largest absolute Gasteiger partial charge is 0.229 e. The lowest BCUT2D eigenvalue weighted by molar-refractivity contribution is 0.592. The van der Waals surface area contributed by atoms with Crippen LogP contribution >= 0.6 is 0 Å². The highest BCUT2D eigenvalue weighted by molar-refractivity contribution is 7.91. The van der Waals surface area contributed by atoms with E-state index in [1.165, 1.54) is 6.26 Å². The highest BCUT2D eigenvalue weighted by Gasteiger charge is 2.24. The molecule has 0 aliphatic heterocycles. The average Bonchev–Trinajstić information content (AvgIpc) is 2.08. The van der Waals surface area contributed by atoms with Gasteiger partial charge >= 0.3 is 0 Å². The lowest BCUT2D eigenvalue weighted by Crippen LogP contribution is -2.15. The predicted molar refractivity (Wildman–Crippen MR) is 36.8 cm³/mol. The Morgan fingerprint density at radius 1 is 1.56 bits per heavy atom. The van der Waals surface area contributed by atoms with E-state index in [2.05, 4.69) is 0 Å². The lowest BCUT2D eigenvalue weighted by Gasteiger charge is -2.02. The van der Waals surface area contributed by atoms with Gasteiger partial charge in [-0.1, -0.05) is 6.42 Å². The molecule has 1 rings (SSSR count). The number of sulfone groups is 1. The molecule has 1 fully saturated rings. The first-order valence-corrected chi connectivity index (χ1v) is 5.08. The van der Waals surface area contributed by atoms with Crippen molar-refractivity contribution in [1.82, 2.24) is 0 Å². The van der Waals surface area contributed by atoms with Crippen LogP contribution in [-0.4, -0.2) is 19.9 Å². The van der Waals surface area contributed by atoms with Crippen molar-refractivity contribution in [2.75, 3.05) is 6.26 Å². The molecule has 0 aromatic carbocycles. The van der Waals surface area contributed by atoms with Gasteiger partial charge in [-0.3, -0.25) is 0 Å². The molecule has 1 aliphatic rings. The van der Waals surface area contributed by atoms with Crippen LogP contribution in [0.15, 0.2) is 0 Å². The van der Waals surface area contributed by atoms with Crippen molar-refractivity contribution in [3.8, 4) is 0 Å².